The summed E-state index contributed by atoms with van der Waals surface area (Å²) in [7, 11) is 3.17. The van der Waals surface area contributed by atoms with E-state index in [1.54, 1.807) is 14.2 Å². The number of ether oxygens (including phenoxy) is 2. The van der Waals surface area contributed by atoms with Crippen LogP contribution in [0, 0.1) is 0 Å². The summed E-state index contributed by atoms with van der Waals surface area (Å²) < 4.78 is 10.4. The lowest BCUT2D eigenvalue weighted by Gasteiger charge is -2.07. The van der Waals surface area contributed by atoms with Crippen LogP contribution in [0.15, 0.2) is 36.4 Å². The van der Waals surface area contributed by atoms with Crippen LogP contribution in [0.3, 0.4) is 0 Å². The van der Waals surface area contributed by atoms with E-state index in [9.17, 15) is 4.79 Å². The number of carbonyl (C=O) groups is 1. The predicted molar refractivity (Wildman–Crippen MR) is 74.6 cm³/mol. The van der Waals surface area contributed by atoms with Crippen molar-refractivity contribution in [3.05, 3.63) is 42.0 Å². The minimum atomic E-state index is -0.945. The maximum atomic E-state index is 10.6. The van der Waals surface area contributed by atoms with Gasteiger partial charge in [-0.15, -0.1) is 0 Å². The number of methoxy groups -OCH3 is 2. The van der Waals surface area contributed by atoms with Crippen molar-refractivity contribution in [3.63, 3.8) is 0 Å². The van der Waals surface area contributed by atoms with Gasteiger partial charge in [0.05, 0.1) is 14.2 Å². The highest BCUT2D eigenvalue weighted by molar-refractivity contribution is 5.85. The molecule has 1 aromatic rings. The summed E-state index contributed by atoms with van der Waals surface area (Å²) in [6, 6.07) is 5.60. The molecule has 0 saturated heterocycles. The van der Waals surface area contributed by atoms with E-state index in [1.807, 2.05) is 30.4 Å². The van der Waals surface area contributed by atoms with E-state index in [1.165, 1.54) is 0 Å². The summed E-state index contributed by atoms with van der Waals surface area (Å²) in [6.45, 7) is 3.48. The third-order valence-electron chi connectivity index (χ3n) is 2.63. The van der Waals surface area contributed by atoms with Gasteiger partial charge < -0.3 is 14.6 Å². The zero-order valence-electron chi connectivity index (χ0n) is 11.2. The van der Waals surface area contributed by atoms with Gasteiger partial charge in [0.1, 0.15) is 0 Å². The van der Waals surface area contributed by atoms with Crippen LogP contribution in [0.2, 0.25) is 0 Å². The van der Waals surface area contributed by atoms with Crippen LogP contribution in [-0.4, -0.2) is 25.3 Å². The maximum Gasteiger partial charge on any atom is 0.330 e. The standard InChI is InChI=1S/C15H18O4/c1-11(15(16)17)6-4-5-7-12-8-9-13(18-2)14(10-12)19-3/h5,7-10H,1,4,6H2,2-3H3,(H,16,17). The Kier molecular flexibility index (Phi) is 5.67. The lowest BCUT2D eigenvalue weighted by atomic mass is 10.1. The average Bonchev–Trinajstić information content (AvgIpc) is 2.42. The van der Waals surface area contributed by atoms with Crippen LogP contribution in [-0.2, 0) is 4.79 Å². The van der Waals surface area contributed by atoms with Gasteiger partial charge in [0, 0.05) is 5.57 Å². The molecule has 4 nitrogen and oxygen atoms in total. The lowest BCUT2D eigenvalue weighted by Crippen LogP contribution is -1.97. The third kappa shape index (κ3) is 4.50. The van der Waals surface area contributed by atoms with E-state index in [0.29, 0.717) is 24.3 Å². The molecule has 0 saturated carbocycles. The molecular formula is C15H18O4. The Labute approximate surface area is 113 Å². The summed E-state index contributed by atoms with van der Waals surface area (Å²) in [6.07, 6.45) is 4.91. The fourth-order valence-electron chi connectivity index (χ4n) is 1.54. The Balaban J connectivity index is 2.62. The Morgan fingerprint density at radius 3 is 2.58 bits per heavy atom. The molecule has 4 heteroatoms. The highest BCUT2D eigenvalue weighted by Gasteiger charge is 2.03. The summed E-state index contributed by atoms with van der Waals surface area (Å²) >= 11 is 0. The largest absolute Gasteiger partial charge is 0.493 e. The minimum absolute atomic E-state index is 0.219. The van der Waals surface area contributed by atoms with Crippen molar-refractivity contribution in [3.8, 4) is 11.5 Å². The van der Waals surface area contributed by atoms with Gasteiger partial charge in [0.2, 0.25) is 0 Å². The highest BCUT2D eigenvalue weighted by atomic mass is 16.5. The normalized spacial score (nSPS) is 10.4. The van der Waals surface area contributed by atoms with E-state index >= 15 is 0 Å². The number of hydrogen-bond acceptors (Lipinski definition) is 3. The van der Waals surface area contributed by atoms with Crippen molar-refractivity contribution in [2.75, 3.05) is 14.2 Å². The molecule has 1 rings (SSSR count). The van der Waals surface area contributed by atoms with E-state index < -0.39 is 5.97 Å². The van der Waals surface area contributed by atoms with Crippen LogP contribution in [0.5, 0.6) is 11.5 Å². The molecule has 19 heavy (non-hydrogen) atoms. The molecule has 0 bridgehead atoms. The van der Waals surface area contributed by atoms with Gasteiger partial charge in [-0.1, -0.05) is 24.8 Å². The third-order valence-corrected chi connectivity index (χ3v) is 2.63. The molecule has 1 N–H and O–H groups in total. The van der Waals surface area contributed by atoms with Crippen molar-refractivity contribution >= 4 is 12.0 Å². The summed E-state index contributed by atoms with van der Waals surface area (Å²) in [4.78, 5) is 10.6. The Morgan fingerprint density at radius 1 is 1.32 bits per heavy atom. The number of hydrogen-bond donors (Lipinski definition) is 1. The van der Waals surface area contributed by atoms with Crippen LogP contribution >= 0.6 is 0 Å². The van der Waals surface area contributed by atoms with E-state index in [4.69, 9.17) is 14.6 Å². The van der Waals surface area contributed by atoms with Gasteiger partial charge >= 0.3 is 5.97 Å². The molecule has 0 aromatic heterocycles. The molecular weight excluding hydrogens is 244 g/mol. The number of benzene rings is 1. The van der Waals surface area contributed by atoms with E-state index in [-0.39, 0.29) is 5.57 Å². The van der Waals surface area contributed by atoms with E-state index in [0.717, 1.165) is 5.56 Å². The molecule has 0 radical (unpaired) electrons. The Hall–Kier alpha value is -2.23. The Bertz CT molecular complexity index is 489. The van der Waals surface area contributed by atoms with E-state index in [2.05, 4.69) is 6.58 Å². The highest BCUT2D eigenvalue weighted by Crippen LogP contribution is 2.28. The molecule has 0 fully saturated rings. The topological polar surface area (TPSA) is 55.8 Å². The van der Waals surface area contributed by atoms with Gasteiger partial charge in [-0.25, -0.2) is 4.79 Å². The fraction of sp³-hybridized carbons (Fsp3) is 0.267. The fourth-order valence-corrected chi connectivity index (χ4v) is 1.54. The first kappa shape index (κ1) is 14.8. The minimum Gasteiger partial charge on any atom is -0.493 e. The summed E-state index contributed by atoms with van der Waals surface area (Å²) in [5.41, 5.74) is 1.19. The van der Waals surface area contributed by atoms with Gasteiger partial charge in [0.15, 0.2) is 11.5 Å². The van der Waals surface area contributed by atoms with Gasteiger partial charge in [-0.05, 0) is 30.5 Å². The van der Waals surface area contributed by atoms with Crippen LogP contribution in [0.4, 0.5) is 0 Å². The second-order valence-corrected chi connectivity index (χ2v) is 3.96. The van der Waals surface area contributed by atoms with Crippen molar-refractivity contribution in [2.24, 2.45) is 0 Å². The monoisotopic (exact) mass is 262 g/mol. The quantitative estimate of drug-likeness (QED) is 0.767. The average molecular weight is 262 g/mol. The van der Waals surface area contributed by atoms with Crippen LogP contribution in [0.1, 0.15) is 18.4 Å². The zero-order valence-corrected chi connectivity index (χ0v) is 11.2. The second-order valence-electron chi connectivity index (χ2n) is 3.96. The predicted octanol–water partition coefficient (Wildman–Crippen LogP) is 3.14. The van der Waals surface area contributed by atoms with Gasteiger partial charge in [-0.3, -0.25) is 0 Å². The molecule has 1 aromatic carbocycles. The first-order chi connectivity index (χ1) is 9.08. The number of carboxylic acids is 1. The van der Waals surface area contributed by atoms with Gasteiger partial charge in [0.25, 0.3) is 0 Å². The molecule has 0 aliphatic carbocycles. The lowest BCUT2D eigenvalue weighted by molar-refractivity contribution is -0.132. The molecule has 0 unspecified atom stereocenters. The molecule has 0 amide bonds. The van der Waals surface area contributed by atoms with Crippen molar-refractivity contribution in [2.45, 2.75) is 12.8 Å². The zero-order chi connectivity index (χ0) is 14.3. The summed E-state index contributed by atoms with van der Waals surface area (Å²) in [5, 5.41) is 8.67. The van der Waals surface area contributed by atoms with Crippen molar-refractivity contribution < 1.29 is 19.4 Å². The van der Waals surface area contributed by atoms with Crippen LogP contribution < -0.4 is 9.47 Å². The molecule has 0 heterocycles. The maximum absolute atomic E-state index is 10.6. The number of carboxylic acid groups (broad SMARTS) is 1. The molecule has 0 aliphatic heterocycles. The SMILES string of the molecule is C=C(CCC=Cc1ccc(OC)c(OC)c1)C(=O)O. The summed E-state index contributed by atoms with van der Waals surface area (Å²) in [5.74, 6) is 0.401. The first-order valence-corrected chi connectivity index (χ1v) is 5.88. The van der Waals surface area contributed by atoms with Gasteiger partial charge in [-0.2, -0.15) is 0 Å². The van der Waals surface area contributed by atoms with Crippen molar-refractivity contribution in [1.29, 1.82) is 0 Å². The smallest absolute Gasteiger partial charge is 0.330 e. The first-order valence-electron chi connectivity index (χ1n) is 5.88. The number of rotatable bonds is 7. The molecule has 102 valence electrons. The molecule has 0 aliphatic rings. The molecule has 0 spiro atoms. The number of aliphatic carboxylic acids is 1. The van der Waals surface area contributed by atoms with Crippen molar-refractivity contribution in [1.82, 2.24) is 0 Å². The second kappa shape index (κ2) is 7.26. The van der Waals surface area contributed by atoms with Crippen LogP contribution in [0.25, 0.3) is 6.08 Å². The number of allylic oxidation sites excluding steroid dienone is 1. The molecule has 0 atom stereocenters. The Morgan fingerprint density at radius 2 is 2.00 bits per heavy atom.